The Morgan fingerprint density at radius 2 is 2.20 bits per heavy atom. The Labute approximate surface area is 132 Å². The summed E-state index contributed by atoms with van der Waals surface area (Å²) >= 11 is 6.65. The number of carbonyl (C=O) groups excluding carboxylic acids is 1. The fraction of sp³-hybridized carbons (Fsp3) is 0.143. The molecule has 0 aliphatic carbocycles. The van der Waals surface area contributed by atoms with Crippen LogP contribution in [0.25, 0.3) is 10.2 Å². The van der Waals surface area contributed by atoms with Gasteiger partial charge in [-0.15, -0.1) is 11.3 Å². The number of halogens is 1. The molecule has 102 valence electrons. The van der Waals surface area contributed by atoms with Crippen molar-refractivity contribution in [3.63, 3.8) is 0 Å². The fourth-order valence-corrected chi connectivity index (χ4v) is 4.49. The molecule has 20 heavy (non-hydrogen) atoms. The molecule has 0 saturated heterocycles. The van der Waals surface area contributed by atoms with Crippen molar-refractivity contribution >= 4 is 54.7 Å². The maximum atomic E-state index is 12.0. The Kier molecular flexibility index (Phi) is 3.87. The molecule has 0 aliphatic heterocycles. The van der Waals surface area contributed by atoms with E-state index in [1.807, 2.05) is 47.3 Å². The lowest BCUT2D eigenvalue weighted by Crippen LogP contribution is -2.14. The van der Waals surface area contributed by atoms with Crippen LogP contribution in [0.3, 0.4) is 0 Å². The van der Waals surface area contributed by atoms with E-state index in [0.717, 1.165) is 24.4 Å². The number of rotatable bonds is 2. The molecule has 1 amide bonds. The number of hydrogen-bond acceptors (Lipinski definition) is 3. The van der Waals surface area contributed by atoms with Crippen LogP contribution in [0.4, 0.5) is 0 Å². The number of nitrogens with zero attached hydrogens (tertiary/aromatic N) is 2. The van der Waals surface area contributed by atoms with Crippen molar-refractivity contribution in [2.45, 2.75) is 6.42 Å². The fourth-order valence-electron chi connectivity index (χ4n) is 1.97. The molecule has 0 unspecified atom stereocenters. The predicted octanol–water partition coefficient (Wildman–Crippen LogP) is 3.73. The Morgan fingerprint density at radius 3 is 2.90 bits per heavy atom. The van der Waals surface area contributed by atoms with Crippen molar-refractivity contribution in [2.24, 2.45) is 12.0 Å². The zero-order valence-corrected chi connectivity index (χ0v) is 13.9. The number of thiazole rings is 1. The first kappa shape index (κ1) is 13.7. The first-order valence-corrected chi connectivity index (χ1v) is 8.48. The van der Waals surface area contributed by atoms with E-state index in [9.17, 15) is 4.79 Å². The van der Waals surface area contributed by atoms with Crippen molar-refractivity contribution in [1.82, 2.24) is 4.57 Å². The average molecular weight is 367 g/mol. The van der Waals surface area contributed by atoms with Crippen LogP contribution < -0.4 is 4.80 Å². The molecular formula is C14H11BrN2OS2. The highest BCUT2D eigenvalue weighted by Crippen LogP contribution is 2.24. The molecule has 2 heterocycles. The van der Waals surface area contributed by atoms with Gasteiger partial charge in [0.15, 0.2) is 4.80 Å². The second-order valence-electron chi connectivity index (χ2n) is 4.29. The van der Waals surface area contributed by atoms with Gasteiger partial charge in [-0.3, -0.25) is 4.79 Å². The van der Waals surface area contributed by atoms with E-state index >= 15 is 0 Å². The predicted molar refractivity (Wildman–Crippen MR) is 87.1 cm³/mol. The standard InChI is InChI=1S/C14H11BrN2OS2/c1-17-13-10(15)5-2-6-11(13)20-14(17)16-12(18)8-9-4-3-7-19-9/h2-7H,8H2,1H3. The highest BCUT2D eigenvalue weighted by atomic mass is 79.9. The van der Waals surface area contributed by atoms with E-state index in [0.29, 0.717) is 6.42 Å². The summed E-state index contributed by atoms with van der Waals surface area (Å²) in [5.74, 6) is -0.106. The van der Waals surface area contributed by atoms with E-state index in [4.69, 9.17) is 0 Å². The molecule has 0 atom stereocenters. The average Bonchev–Trinajstić information content (AvgIpc) is 3.00. The topological polar surface area (TPSA) is 34.4 Å². The van der Waals surface area contributed by atoms with Gasteiger partial charge in [0.25, 0.3) is 5.91 Å². The largest absolute Gasteiger partial charge is 0.318 e. The van der Waals surface area contributed by atoms with Crippen LogP contribution in [0, 0.1) is 0 Å². The summed E-state index contributed by atoms with van der Waals surface area (Å²) in [6, 6.07) is 9.92. The van der Waals surface area contributed by atoms with Crippen LogP contribution in [0.15, 0.2) is 45.2 Å². The van der Waals surface area contributed by atoms with E-state index < -0.39 is 0 Å². The van der Waals surface area contributed by atoms with Gasteiger partial charge in [-0.25, -0.2) is 0 Å². The maximum Gasteiger partial charge on any atom is 0.253 e. The van der Waals surface area contributed by atoms with Crippen LogP contribution in [0.1, 0.15) is 4.88 Å². The number of thiophene rings is 1. The molecule has 0 fully saturated rings. The second-order valence-corrected chi connectivity index (χ2v) is 7.19. The molecular weight excluding hydrogens is 356 g/mol. The van der Waals surface area contributed by atoms with Gasteiger partial charge in [0.05, 0.1) is 16.6 Å². The Hall–Kier alpha value is -1.24. The smallest absolute Gasteiger partial charge is 0.253 e. The first-order chi connectivity index (χ1) is 9.65. The summed E-state index contributed by atoms with van der Waals surface area (Å²) in [6.07, 6.45) is 0.368. The molecule has 0 radical (unpaired) electrons. The van der Waals surface area contributed by atoms with Gasteiger partial charge < -0.3 is 4.57 Å². The van der Waals surface area contributed by atoms with E-state index in [1.54, 1.807) is 11.3 Å². The monoisotopic (exact) mass is 366 g/mol. The maximum absolute atomic E-state index is 12.0. The molecule has 3 aromatic rings. The molecule has 0 spiro atoms. The number of para-hydroxylation sites is 1. The quantitative estimate of drug-likeness (QED) is 0.680. The van der Waals surface area contributed by atoms with Gasteiger partial charge in [0.2, 0.25) is 0 Å². The number of carbonyl (C=O) groups is 1. The van der Waals surface area contributed by atoms with E-state index in [1.165, 1.54) is 11.3 Å². The number of aromatic nitrogens is 1. The first-order valence-electron chi connectivity index (χ1n) is 5.99. The van der Waals surface area contributed by atoms with Crippen LogP contribution in [0.5, 0.6) is 0 Å². The third-order valence-electron chi connectivity index (χ3n) is 2.90. The van der Waals surface area contributed by atoms with Gasteiger partial charge in [-0.05, 0) is 39.5 Å². The summed E-state index contributed by atoms with van der Waals surface area (Å²) in [5.41, 5.74) is 1.07. The summed E-state index contributed by atoms with van der Waals surface area (Å²) in [6.45, 7) is 0. The molecule has 0 N–H and O–H groups in total. The summed E-state index contributed by atoms with van der Waals surface area (Å²) in [5, 5.41) is 1.97. The number of aryl methyl sites for hydroxylation is 1. The Morgan fingerprint density at radius 1 is 1.35 bits per heavy atom. The van der Waals surface area contributed by atoms with E-state index in [2.05, 4.69) is 20.9 Å². The van der Waals surface area contributed by atoms with Crippen LogP contribution in [-0.4, -0.2) is 10.5 Å². The van der Waals surface area contributed by atoms with Crippen LogP contribution in [0.2, 0.25) is 0 Å². The van der Waals surface area contributed by atoms with Crippen molar-refractivity contribution in [3.8, 4) is 0 Å². The molecule has 3 nitrogen and oxygen atoms in total. The normalized spacial score (nSPS) is 12.2. The minimum Gasteiger partial charge on any atom is -0.318 e. The second kappa shape index (κ2) is 5.63. The van der Waals surface area contributed by atoms with Gasteiger partial charge in [-0.1, -0.05) is 23.5 Å². The van der Waals surface area contributed by atoms with E-state index in [-0.39, 0.29) is 5.91 Å². The lowest BCUT2D eigenvalue weighted by Gasteiger charge is -1.97. The van der Waals surface area contributed by atoms with Crippen LogP contribution in [-0.2, 0) is 18.3 Å². The SMILES string of the molecule is Cn1c(=NC(=O)Cc2cccs2)sc2cccc(Br)c21. The van der Waals surface area contributed by atoms with Crippen molar-refractivity contribution < 1.29 is 4.79 Å². The lowest BCUT2D eigenvalue weighted by molar-refractivity contribution is -0.117. The molecule has 0 aliphatic rings. The molecule has 2 aromatic heterocycles. The van der Waals surface area contributed by atoms with Crippen molar-refractivity contribution in [1.29, 1.82) is 0 Å². The third-order valence-corrected chi connectivity index (χ3v) is 5.51. The zero-order valence-electron chi connectivity index (χ0n) is 10.7. The molecule has 3 rings (SSSR count). The number of amides is 1. The van der Waals surface area contributed by atoms with Crippen LogP contribution >= 0.6 is 38.6 Å². The van der Waals surface area contributed by atoms with Gasteiger partial charge in [0.1, 0.15) is 0 Å². The zero-order chi connectivity index (χ0) is 14.1. The Bertz CT molecular complexity index is 831. The Balaban J connectivity index is 2.01. The summed E-state index contributed by atoms with van der Waals surface area (Å²) in [4.78, 5) is 18.0. The third kappa shape index (κ3) is 2.63. The van der Waals surface area contributed by atoms with Gasteiger partial charge >= 0.3 is 0 Å². The molecule has 0 bridgehead atoms. The minimum absolute atomic E-state index is 0.106. The van der Waals surface area contributed by atoms with Gasteiger partial charge in [0, 0.05) is 16.4 Å². The highest BCUT2D eigenvalue weighted by Gasteiger charge is 2.08. The summed E-state index contributed by atoms with van der Waals surface area (Å²) < 4.78 is 4.08. The number of fused-ring (bicyclic) bond motifs is 1. The van der Waals surface area contributed by atoms with Gasteiger partial charge in [-0.2, -0.15) is 4.99 Å². The minimum atomic E-state index is -0.106. The molecule has 6 heteroatoms. The van der Waals surface area contributed by atoms with Crippen molar-refractivity contribution in [2.75, 3.05) is 0 Å². The number of benzene rings is 1. The lowest BCUT2D eigenvalue weighted by atomic mass is 10.3. The number of hydrogen-bond donors (Lipinski definition) is 0. The highest BCUT2D eigenvalue weighted by molar-refractivity contribution is 9.10. The summed E-state index contributed by atoms with van der Waals surface area (Å²) in [7, 11) is 1.93. The molecule has 0 saturated carbocycles. The van der Waals surface area contributed by atoms with Crippen molar-refractivity contribution in [3.05, 3.63) is 49.9 Å². The molecule has 1 aromatic carbocycles.